The van der Waals surface area contributed by atoms with Gasteiger partial charge in [0, 0.05) is 0 Å². The zero-order valence-electron chi connectivity index (χ0n) is 12.4. The van der Waals surface area contributed by atoms with Crippen LogP contribution >= 0.6 is 0 Å². The number of benzene rings is 2. The van der Waals surface area contributed by atoms with Crippen LogP contribution in [0.2, 0.25) is 0 Å². The molecule has 0 bridgehead atoms. The standard InChI is InChI=1S/C18H18O3/c1-12-9-14(3)15(10-13(12)2)11-17(18(19)20)21-16-7-5-4-6-8-16/h4-11H,1-3H3,(H,19,20). The smallest absolute Gasteiger partial charge is 0.371 e. The molecular weight excluding hydrogens is 264 g/mol. The first-order valence-corrected chi connectivity index (χ1v) is 6.73. The number of carbonyl (C=O) groups is 1. The predicted octanol–water partition coefficient (Wildman–Crippen LogP) is 4.12. The van der Waals surface area contributed by atoms with Crippen LogP contribution in [0.3, 0.4) is 0 Å². The van der Waals surface area contributed by atoms with Gasteiger partial charge in [-0.1, -0.05) is 30.3 Å². The lowest BCUT2D eigenvalue weighted by Crippen LogP contribution is -2.07. The molecule has 0 fully saturated rings. The first-order valence-electron chi connectivity index (χ1n) is 6.73. The highest BCUT2D eigenvalue weighted by Crippen LogP contribution is 2.20. The van der Waals surface area contributed by atoms with E-state index in [-0.39, 0.29) is 5.76 Å². The molecule has 2 aromatic carbocycles. The fourth-order valence-electron chi connectivity index (χ4n) is 2.03. The molecule has 0 aliphatic heterocycles. The maximum atomic E-state index is 11.4. The Kier molecular flexibility index (Phi) is 4.43. The molecule has 0 spiro atoms. The summed E-state index contributed by atoms with van der Waals surface area (Å²) in [5, 5.41) is 9.32. The van der Waals surface area contributed by atoms with E-state index in [9.17, 15) is 9.90 Å². The van der Waals surface area contributed by atoms with Gasteiger partial charge in [-0.3, -0.25) is 0 Å². The Morgan fingerprint density at radius 1 is 1.00 bits per heavy atom. The Morgan fingerprint density at radius 3 is 2.24 bits per heavy atom. The Hall–Kier alpha value is -2.55. The van der Waals surface area contributed by atoms with Crippen molar-refractivity contribution in [1.82, 2.24) is 0 Å². The van der Waals surface area contributed by atoms with E-state index in [2.05, 4.69) is 0 Å². The van der Waals surface area contributed by atoms with Gasteiger partial charge in [0.2, 0.25) is 5.76 Å². The molecule has 0 saturated heterocycles. The quantitative estimate of drug-likeness (QED) is 0.678. The molecule has 2 aromatic rings. The van der Waals surface area contributed by atoms with E-state index in [4.69, 9.17) is 4.74 Å². The van der Waals surface area contributed by atoms with Crippen LogP contribution in [0.15, 0.2) is 48.2 Å². The molecule has 0 amide bonds. The number of rotatable bonds is 4. The van der Waals surface area contributed by atoms with Crippen LogP contribution in [-0.4, -0.2) is 11.1 Å². The van der Waals surface area contributed by atoms with Crippen LogP contribution in [-0.2, 0) is 4.79 Å². The van der Waals surface area contributed by atoms with Gasteiger partial charge in [0.1, 0.15) is 5.75 Å². The van der Waals surface area contributed by atoms with Crippen LogP contribution in [0.25, 0.3) is 6.08 Å². The molecule has 0 heterocycles. The Balaban J connectivity index is 2.39. The molecule has 108 valence electrons. The largest absolute Gasteiger partial charge is 0.475 e. The van der Waals surface area contributed by atoms with Crippen molar-refractivity contribution < 1.29 is 14.6 Å². The van der Waals surface area contributed by atoms with Crippen LogP contribution in [0.4, 0.5) is 0 Å². The summed E-state index contributed by atoms with van der Waals surface area (Å²) in [7, 11) is 0. The van der Waals surface area contributed by atoms with Gasteiger partial charge in [0.15, 0.2) is 0 Å². The lowest BCUT2D eigenvalue weighted by molar-refractivity contribution is -0.134. The molecule has 0 radical (unpaired) electrons. The SMILES string of the molecule is Cc1cc(C)c(C=C(Oc2ccccc2)C(=O)O)cc1C. The summed E-state index contributed by atoms with van der Waals surface area (Å²) < 4.78 is 5.47. The summed E-state index contributed by atoms with van der Waals surface area (Å²) in [6, 6.07) is 12.9. The lowest BCUT2D eigenvalue weighted by Gasteiger charge is -2.09. The Labute approximate surface area is 124 Å². The number of aryl methyl sites for hydroxylation is 3. The van der Waals surface area contributed by atoms with Crippen molar-refractivity contribution in [3.8, 4) is 5.75 Å². The molecule has 0 aliphatic rings. The Bertz CT molecular complexity index is 685. The minimum atomic E-state index is -1.09. The van der Waals surface area contributed by atoms with E-state index < -0.39 is 5.97 Å². The Morgan fingerprint density at radius 2 is 1.62 bits per heavy atom. The van der Waals surface area contributed by atoms with Gasteiger partial charge in [-0.15, -0.1) is 0 Å². The van der Waals surface area contributed by atoms with E-state index in [1.807, 2.05) is 39.0 Å². The summed E-state index contributed by atoms with van der Waals surface area (Å²) in [6.07, 6.45) is 1.57. The molecule has 2 rings (SSSR count). The number of carboxylic acids is 1. The van der Waals surface area contributed by atoms with Crippen molar-refractivity contribution in [3.05, 3.63) is 70.5 Å². The molecule has 0 aromatic heterocycles. The van der Waals surface area contributed by atoms with Crippen molar-refractivity contribution in [2.75, 3.05) is 0 Å². The second kappa shape index (κ2) is 6.27. The second-order valence-electron chi connectivity index (χ2n) is 5.02. The number of ether oxygens (including phenoxy) is 1. The number of hydrogen-bond donors (Lipinski definition) is 1. The van der Waals surface area contributed by atoms with E-state index >= 15 is 0 Å². The third-order valence-corrected chi connectivity index (χ3v) is 3.35. The summed E-state index contributed by atoms with van der Waals surface area (Å²) in [4.78, 5) is 11.4. The van der Waals surface area contributed by atoms with E-state index in [0.29, 0.717) is 5.75 Å². The highest BCUT2D eigenvalue weighted by atomic mass is 16.5. The molecule has 0 atom stereocenters. The monoisotopic (exact) mass is 282 g/mol. The van der Waals surface area contributed by atoms with Crippen LogP contribution in [0, 0.1) is 20.8 Å². The highest BCUT2D eigenvalue weighted by molar-refractivity contribution is 5.90. The van der Waals surface area contributed by atoms with Gasteiger partial charge < -0.3 is 9.84 Å². The zero-order valence-corrected chi connectivity index (χ0v) is 12.4. The zero-order chi connectivity index (χ0) is 15.4. The maximum Gasteiger partial charge on any atom is 0.371 e. The van der Waals surface area contributed by atoms with Gasteiger partial charge in [-0.05, 0) is 61.2 Å². The second-order valence-corrected chi connectivity index (χ2v) is 5.02. The van der Waals surface area contributed by atoms with E-state index in [0.717, 1.165) is 16.7 Å². The number of para-hydroxylation sites is 1. The first-order chi connectivity index (χ1) is 9.97. The van der Waals surface area contributed by atoms with Crippen LogP contribution in [0.1, 0.15) is 22.3 Å². The van der Waals surface area contributed by atoms with Gasteiger partial charge in [0.25, 0.3) is 0 Å². The topological polar surface area (TPSA) is 46.5 Å². The third-order valence-electron chi connectivity index (χ3n) is 3.35. The van der Waals surface area contributed by atoms with Crippen molar-refractivity contribution >= 4 is 12.0 Å². The van der Waals surface area contributed by atoms with Crippen LogP contribution < -0.4 is 4.74 Å². The van der Waals surface area contributed by atoms with Crippen molar-refractivity contribution in [1.29, 1.82) is 0 Å². The fourth-order valence-corrected chi connectivity index (χ4v) is 2.03. The minimum Gasteiger partial charge on any atom is -0.475 e. The summed E-state index contributed by atoms with van der Waals surface area (Å²) in [5.74, 6) is -0.670. The minimum absolute atomic E-state index is 0.0902. The number of hydrogen-bond acceptors (Lipinski definition) is 2. The average Bonchev–Trinajstić information content (AvgIpc) is 2.44. The normalized spacial score (nSPS) is 11.3. The van der Waals surface area contributed by atoms with E-state index in [1.54, 1.807) is 30.3 Å². The molecular formula is C18H18O3. The van der Waals surface area contributed by atoms with E-state index in [1.165, 1.54) is 5.56 Å². The van der Waals surface area contributed by atoms with Gasteiger partial charge in [0.05, 0.1) is 0 Å². The summed E-state index contributed by atoms with van der Waals surface area (Å²) in [6.45, 7) is 6.00. The van der Waals surface area contributed by atoms with Gasteiger partial charge in [-0.2, -0.15) is 0 Å². The van der Waals surface area contributed by atoms with Gasteiger partial charge in [-0.25, -0.2) is 4.79 Å². The number of carboxylic acid groups (broad SMARTS) is 1. The third kappa shape index (κ3) is 3.72. The van der Waals surface area contributed by atoms with Crippen molar-refractivity contribution in [2.45, 2.75) is 20.8 Å². The summed E-state index contributed by atoms with van der Waals surface area (Å²) >= 11 is 0. The summed E-state index contributed by atoms with van der Waals surface area (Å²) in [5.41, 5.74) is 4.18. The van der Waals surface area contributed by atoms with Crippen molar-refractivity contribution in [3.63, 3.8) is 0 Å². The molecule has 3 nitrogen and oxygen atoms in total. The molecule has 1 N–H and O–H groups in total. The molecule has 21 heavy (non-hydrogen) atoms. The predicted molar refractivity (Wildman–Crippen MR) is 83.3 cm³/mol. The highest BCUT2D eigenvalue weighted by Gasteiger charge is 2.11. The average molecular weight is 282 g/mol. The van der Waals surface area contributed by atoms with Crippen LogP contribution in [0.5, 0.6) is 5.75 Å². The maximum absolute atomic E-state index is 11.4. The lowest BCUT2D eigenvalue weighted by atomic mass is 10.0. The fraction of sp³-hybridized carbons (Fsp3) is 0.167. The molecule has 0 aliphatic carbocycles. The van der Waals surface area contributed by atoms with Crippen molar-refractivity contribution in [2.24, 2.45) is 0 Å². The molecule has 3 heteroatoms. The first kappa shape index (κ1) is 14.9. The molecule has 0 saturated carbocycles. The van der Waals surface area contributed by atoms with Gasteiger partial charge >= 0.3 is 5.97 Å². The molecule has 0 unspecified atom stereocenters. The number of aliphatic carboxylic acids is 1.